The second-order valence-electron chi connectivity index (χ2n) is 8.60. The molecular formula is C26H32N4O4S. The van der Waals surface area contributed by atoms with Crippen LogP contribution in [0.3, 0.4) is 0 Å². The number of anilines is 1. The molecular weight excluding hydrogens is 464 g/mol. The molecule has 3 rings (SSSR count). The van der Waals surface area contributed by atoms with Crippen LogP contribution in [0.1, 0.15) is 35.0 Å². The molecule has 0 aliphatic carbocycles. The van der Waals surface area contributed by atoms with Gasteiger partial charge in [0.25, 0.3) is 5.91 Å². The van der Waals surface area contributed by atoms with Crippen LogP contribution in [0, 0.1) is 27.7 Å². The van der Waals surface area contributed by atoms with Gasteiger partial charge in [-0.15, -0.1) is 0 Å². The van der Waals surface area contributed by atoms with Crippen LogP contribution in [0.15, 0.2) is 53.6 Å². The number of benzene rings is 2. The highest BCUT2D eigenvalue weighted by molar-refractivity contribution is 7.92. The lowest BCUT2D eigenvalue weighted by atomic mass is 10.1. The fourth-order valence-electron chi connectivity index (χ4n) is 3.98. The summed E-state index contributed by atoms with van der Waals surface area (Å²) in [5, 5.41) is 4.11. The molecule has 9 heteroatoms. The maximum atomic E-state index is 12.8. The van der Waals surface area contributed by atoms with Gasteiger partial charge in [-0.2, -0.15) is 5.10 Å². The summed E-state index contributed by atoms with van der Waals surface area (Å²) >= 11 is 0. The number of rotatable bonds is 8. The van der Waals surface area contributed by atoms with Gasteiger partial charge in [-0.3, -0.25) is 9.10 Å². The van der Waals surface area contributed by atoms with Crippen LogP contribution in [0.2, 0.25) is 0 Å². The Balaban J connectivity index is 1.79. The third kappa shape index (κ3) is 5.74. The molecule has 1 N–H and O–H groups in total. The third-order valence-corrected chi connectivity index (χ3v) is 7.25. The Morgan fingerprint density at radius 3 is 2.29 bits per heavy atom. The molecule has 0 saturated carbocycles. The first-order chi connectivity index (χ1) is 16.4. The van der Waals surface area contributed by atoms with Gasteiger partial charge in [0, 0.05) is 22.6 Å². The zero-order chi connectivity index (χ0) is 25.9. The molecule has 8 nitrogen and oxygen atoms in total. The molecule has 186 valence electrons. The number of amides is 1. The summed E-state index contributed by atoms with van der Waals surface area (Å²) in [7, 11) is -2.20. The van der Waals surface area contributed by atoms with E-state index in [1.54, 1.807) is 30.5 Å². The van der Waals surface area contributed by atoms with Crippen molar-refractivity contribution in [1.29, 1.82) is 0 Å². The molecule has 2 aromatic carbocycles. The summed E-state index contributed by atoms with van der Waals surface area (Å²) in [6, 6.07) is 13.7. The van der Waals surface area contributed by atoms with Gasteiger partial charge in [0.05, 0.1) is 25.3 Å². The minimum atomic E-state index is -3.73. The number of methoxy groups -OCH3 is 1. The predicted octanol–water partition coefficient (Wildman–Crippen LogP) is 4.02. The van der Waals surface area contributed by atoms with Crippen molar-refractivity contribution in [2.24, 2.45) is 5.10 Å². The van der Waals surface area contributed by atoms with Gasteiger partial charge in [0.1, 0.15) is 11.8 Å². The Kier molecular flexibility index (Phi) is 7.70. The van der Waals surface area contributed by atoms with E-state index in [0.29, 0.717) is 11.4 Å². The molecule has 0 unspecified atom stereocenters. The molecule has 0 aliphatic heterocycles. The van der Waals surface area contributed by atoms with Gasteiger partial charge in [0.2, 0.25) is 10.0 Å². The maximum absolute atomic E-state index is 12.8. The molecule has 1 heterocycles. The van der Waals surface area contributed by atoms with E-state index in [1.165, 1.54) is 25.2 Å². The first-order valence-electron chi connectivity index (χ1n) is 11.2. The number of hydrazone groups is 1. The van der Waals surface area contributed by atoms with E-state index in [-0.39, 0.29) is 0 Å². The highest BCUT2D eigenvalue weighted by atomic mass is 32.2. The van der Waals surface area contributed by atoms with Crippen LogP contribution in [-0.4, -0.2) is 44.5 Å². The van der Waals surface area contributed by atoms with E-state index in [9.17, 15) is 13.2 Å². The number of carbonyl (C=O) groups is 1. The van der Waals surface area contributed by atoms with Crippen molar-refractivity contribution in [3.05, 3.63) is 76.6 Å². The van der Waals surface area contributed by atoms with E-state index < -0.39 is 22.0 Å². The van der Waals surface area contributed by atoms with E-state index in [2.05, 4.69) is 47.1 Å². The monoisotopic (exact) mass is 496 g/mol. The number of aryl methyl sites for hydroxylation is 3. The first-order valence-corrected chi connectivity index (χ1v) is 13.0. The number of hydrogen-bond donors (Lipinski definition) is 1. The Bertz CT molecular complexity index is 1360. The summed E-state index contributed by atoms with van der Waals surface area (Å²) < 4.78 is 33.3. The summed E-state index contributed by atoms with van der Waals surface area (Å²) in [4.78, 5) is 12.8. The minimum absolute atomic E-state index is 0.358. The molecule has 0 saturated heterocycles. The summed E-state index contributed by atoms with van der Waals surface area (Å²) in [6.45, 7) is 9.68. The van der Waals surface area contributed by atoms with Crippen LogP contribution < -0.4 is 14.5 Å². The Morgan fingerprint density at radius 2 is 1.71 bits per heavy atom. The minimum Gasteiger partial charge on any atom is -0.497 e. The van der Waals surface area contributed by atoms with Crippen molar-refractivity contribution in [2.45, 2.75) is 40.7 Å². The average molecular weight is 497 g/mol. The Morgan fingerprint density at radius 1 is 1.06 bits per heavy atom. The van der Waals surface area contributed by atoms with Gasteiger partial charge in [-0.1, -0.05) is 6.07 Å². The molecule has 0 aliphatic rings. The summed E-state index contributed by atoms with van der Waals surface area (Å²) in [5.74, 6) is 0.0350. The van der Waals surface area contributed by atoms with Crippen molar-refractivity contribution >= 4 is 27.8 Å². The number of hydrogen-bond acceptors (Lipinski definition) is 5. The van der Waals surface area contributed by atoms with Gasteiger partial charge in [-0.25, -0.2) is 13.8 Å². The van der Waals surface area contributed by atoms with E-state index in [1.807, 2.05) is 19.9 Å². The fourth-order valence-corrected chi connectivity index (χ4v) is 5.15. The number of carbonyl (C=O) groups excluding carboxylic acids is 1. The molecule has 35 heavy (non-hydrogen) atoms. The van der Waals surface area contributed by atoms with Crippen LogP contribution in [0.4, 0.5) is 5.69 Å². The molecule has 0 spiro atoms. The second-order valence-corrected chi connectivity index (χ2v) is 10.5. The molecule has 1 aromatic heterocycles. The van der Waals surface area contributed by atoms with Crippen molar-refractivity contribution in [2.75, 3.05) is 17.7 Å². The number of ether oxygens (including phenoxy) is 1. The standard InChI is InChI=1S/C26H32N4O4S/c1-17-8-9-24(14-18(17)2)29-19(3)15-22(20(29)4)16-27-28-26(31)21(5)30(35(7,32)33)23-10-12-25(34-6)13-11-23/h8-16,21H,1-7H3,(H,28,31)/b27-16-/t21-/m0/s1. The van der Waals surface area contributed by atoms with Crippen molar-refractivity contribution in [3.63, 3.8) is 0 Å². The average Bonchev–Trinajstić information content (AvgIpc) is 3.08. The fraction of sp³-hybridized carbons (Fsp3) is 0.308. The van der Waals surface area contributed by atoms with Gasteiger partial charge in [-0.05, 0) is 88.2 Å². The summed E-state index contributed by atoms with van der Waals surface area (Å²) in [6.07, 6.45) is 2.63. The van der Waals surface area contributed by atoms with Crippen LogP contribution in [0.5, 0.6) is 5.75 Å². The van der Waals surface area contributed by atoms with Crippen molar-refractivity contribution in [3.8, 4) is 11.4 Å². The number of nitrogens with zero attached hydrogens (tertiary/aromatic N) is 3. The van der Waals surface area contributed by atoms with Crippen LogP contribution in [0.25, 0.3) is 5.69 Å². The maximum Gasteiger partial charge on any atom is 0.263 e. The molecule has 1 atom stereocenters. The van der Waals surface area contributed by atoms with Crippen molar-refractivity contribution in [1.82, 2.24) is 9.99 Å². The smallest absolute Gasteiger partial charge is 0.263 e. The first kappa shape index (κ1) is 26.0. The normalized spacial score (nSPS) is 12.5. The van der Waals surface area contributed by atoms with Gasteiger partial charge < -0.3 is 9.30 Å². The topological polar surface area (TPSA) is 93.0 Å². The predicted molar refractivity (Wildman–Crippen MR) is 140 cm³/mol. The van der Waals surface area contributed by atoms with E-state index >= 15 is 0 Å². The highest BCUT2D eigenvalue weighted by Gasteiger charge is 2.29. The molecule has 3 aromatic rings. The van der Waals surface area contributed by atoms with E-state index in [0.717, 1.165) is 33.2 Å². The lowest BCUT2D eigenvalue weighted by Crippen LogP contribution is -2.46. The molecule has 0 radical (unpaired) electrons. The molecule has 0 fully saturated rings. The number of aromatic nitrogens is 1. The van der Waals surface area contributed by atoms with Crippen LogP contribution >= 0.6 is 0 Å². The van der Waals surface area contributed by atoms with E-state index in [4.69, 9.17) is 4.74 Å². The third-order valence-electron chi connectivity index (χ3n) is 6.01. The largest absolute Gasteiger partial charge is 0.497 e. The lowest BCUT2D eigenvalue weighted by Gasteiger charge is -2.27. The quantitative estimate of drug-likeness (QED) is 0.377. The van der Waals surface area contributed by atoms with Gasteiger partial charge in [0.15, 0.2) is 0 Å². The molecule has 0 bridgehead atoms. The zero-order valence-electron chi connectivity index (χ0n) is 21.2. The molecule has 1 amide bonds. The Labute approximate surface area is 207 Å². The lowest BCUT2D eigenvalue weighted by molar-refractivity contribution is -0.121. The number of nitrogens with one attached hydrogen (secondary N) is 1. The second kappa shape index (κ2) is 10.4. The van der Waals surface area contributed by atoms with Gasteiger partial charge >= 0.3 is 0 Å². The number of sulfonamides is 1. The van der Waals surface area contributed by atoms with Crippen molar-refractivity contribution < 1.29 is 17.9 Å². The zero-order valence-corrected chi connectivity index (χ0v) is 22.0. The van der Waals surface area contributed by atoms with Crippen LogP contribution in [-0.2, 0) is 14.8 Å². The highest BCUT2D eigenvalue weighted by Crippen LogP contribution is 2.24. The Hall–Kier alpha value is -3.59. The summed E-state index contributed by atoms with van der Waals surface area (Å²) in [5.41, 5.74) is 9.20. The SMILES string of the molecule is COc1ccc(N([C@@H](C)C(=O)N/N=C\c2cc(C)n(-c3ccc(C)c(C)c3)c2C)S(C)(=O)=O)cc1.